The van der Waals surface area contributed by atoms with Crippen LogP contribution in [0.2, 0.25) is 5.02 Å². The quantitative estimate of drug-likeness (QED) is 0.900. The predicted molar refractivity (Wildman–Crippen MR) is 69.6 cm³/mol. The van der Waals surface area contributed by atoms with Gasteiger partial charge in [0.05, 0.1) is 16.9 Å². The van der Waals surface area contributed by atoms with Crippen LogP contribution in [0.4, 0.5) is 5.69 Å². The Balaban J connectivity index is 2.15. The van der Waals surface area contributed by atoms with Crippen molar-refractivity contribution in [2.24, 2.45) is 7.05 Å². The van der Waals surface area contributed by atoms with Gasteiger partial charge in [0.25, 0.3) is 5.91 Å². The largest absolute Gasteiger partial charge is 0.477 e. The Morgan fingerprint density at radius 2 is 2.16 bits per heavy atom. The molecule has 0 saturated heterocycles. The summed E-state index contributed by atoms with van der Waals surface area (Å²) in [6.07, 6.45) is 2.90. The molecule has 1 amide bonds. The first kappa shape index (κ1) is 13.1. The van der Waals surface area contributed by atoms with E-state index in [0.717, 1.165) is 0 Å². The van der Waals surface area contributed by atoms with E-state index in [-0.39, 0.29) is 11.6 Å². The molecule has 0 aliphatic rings. The number of carbonyl (C=O) groups is 2. The molecule has 2 aromatic heterocycles. The molecule has 0 fully saturated rings. The fraction of sp³-hybridized carbons (Fsp3) is 0.0833. The zero-order valence-electron chi connectivity index (χ0n) is 9.92. The van der Waals surface area contributed by atoms with Gasteiger partial charge < -0.3 is 15.0 Å². The van der Waals surface area contributed by atoms with Gasteiger partial charge in [-0.15, -0.1) is 0 Å². The normalized spacial score (nSPS) is 10.2. The van der Waals surface area contributed by atoms with Crippen molar-refractivity contribution in [3.05, 3.63) is 47.0 Å². The van der Waals surface area contributed by atoms with E-state index in [1.165, 1.54) is 24.4 Å². The number of rotatable bonds is 3. The predicted octanol–water partition coefficient (Wildman–Crippen LogP) is 2.02. The van der Waals surface area contributed by atoms with E-state index in [0.29, 0.717) is 16.4 Å². The van der Waals surface area contributed by atoms with Crippen molar-refractivity contribution in [3.63, 3.8) is 0 Å². The number of carboxylic acids is 1. The first-order valence-electron chi connectivity index (χ1n) is 5.30. The SMILES string of the molecule is Cn1cc(Cl)cc1C(=O)Nc1ccc(C(=O)O)nc1. The van der Waals surface area contributed by atoms with E-state index in [9.17, 15) is 9.59 Å². The Bertz CT molecular complexity index is 634. The van der Waals surface area contributed by atoms with Crippen LogP contribution in [-0.4, -0.2) is 26.5 Å². The van der Waals surface area contributed by atoms with Gasteiger partial charge in [0.1, 0.15) is 11.4 Å². The average molecular weight is 280 g/mol. The molecule has 0 unspecified atom stereocenters. The van der Waals surface area contributed by atoms with E-state index < -0.39 is 5.97 Å². The van der Waals surface area contributed by atoms with Crippen molar-refractivity contribution in [1.82, 2.24) is 9.55 Å². The van der Waals surface area contributed by atoms with Gasteiger partial charge >= 0.3 is 5.97 Å². The first-order valence-corrected chi connectivity index (χ1v) is 5.68. The van der Waals surface area contributed by atoms with Crippen LogP contribution in [0, 0.1) is 0 Å². The lowest BCUT2D eigenvalue weighted by Gasteiger charge is -2.05. The molecule has 2 rings (SSSR count). The third-order valence-electron chi connectivity index (χ3n) is 2.44. The summed E-state index contributed by atoms with van der Waals surface area (Å²) in [6, 6.07) is 4.32. The third-order valence-corrected chi connectivity index (χ3v) is 2.65. The number of amides is 1. The molecule has 0 spiro atoms. The summed E-state index contributed by atoms with van der Waals surface area (Å²) in [5, 5.41) is 11.8. The summed E-state index contributed by atoms with van der Waals surface area (Å²) in [7, 11) is 1.70. The maximum absolute atomic E-state index is 11.9. The molecule has 6 nitrogen and oxygen atoms in total. The molecule has 0 radical (unpaired) electrons. The molecule has 0 aliphatic heterocycles. The third kappa shape index (κ3) is 2.92. The van der Waals surface area contributed by atoms with Gasteiger partial charge in [-0.1, -0.05) is 11.6 Å². The minimum atomic E-state index is -1.12. The molecule has 0 saturated carbocycles. The molecular formula is C12H10ClN3O3. The average Bonchev–Trinajstić information content (AvgIpc) is 2.69. The zero-order valence-corrected chi connectivity index (χ0v) is 10.7. The summed E-state index contributed by atoms with van der Waals surface area (Å²) in [4.78, 5) is 26.3. The van der Waals surface area contributed by atoms with Gasteiger partial charge in [-0.25, -0.2) is 9.78 Å². The standard InChI is InChI=1S/C12H10ClN3O3/c1-16-6-7(13)4-10(16)11(17)15-8-2-3-9(12(18)19)14-5-8/h2-6H,1H3,(H,15,17)(H,18,19). The Labute approximate surface area is 113 Å². The van der Waals surface area contributed by atoms with E-state index in [1.54, 1.807) is 17.8 Å². The highest BCUT2D eigenvalue weighted by Gasteiger charge is 2.12. The minimum absolute atomic E-state index is 0.0834. The Hall–Kier alpha value is -2.34. The van der Waals surface area contributed by atoms with E-state index in [1.807, 2.05) is 0 Å². The number of aryl methyl sites for hydroxylation is 1. The van der Waals surface area contributed by atoms with Crippen molar-refractivity contribution in [1.29, 1.82) is 0 Å². The van der Waals surface area contributed by atoms with Gasteiger partial charge in [0.15, 0.2) is 0 Å². The van der Waals surface area contributed by atoms with Gasteiger partial charge in [-0.2, -0.15) is 0 Å². The second-order valence-electron chi connectivity index (χ2n) is 3.85. The van der Waals surface area contributed by atoms with Crippen molar-refractivity contribution in [2.45, 2.75) is 0 Å². The second kappa shape index (κ2) is 5.11. The number of aromatic nitrogens is 2. The maximum atomic E-state index is 11.9. The Morgan fingerprint density at radius 1 is 1.42 bits per heavy atom. The molecule has 0 aromatic carbocycles. The van der Waals surface area contributed by atoms with Crippen LogP contribution in [-0.2, 0) is 7.05 Å². The first-order chi connectivity index (χ1) is 8.97. The van der Waals surface area contributed by atoms with Crippen molar-refractivity contribution < 1.29 is 14.7 Å². The molecule has 2 aromatic rings. The van der Waals surface area contributed by atoms with Gasteiger partial charge in [-0.3, -0.25) is 4.79 Å². The van der Waals surface area contributed by atoms with Crippen LogP contribution >= 0.6 is 11.6 Å². The Morgan fingerprint density at radius 3 is 2.63 bits per heavy atom. The van der Waals surface area contributed by atoms with Crippen LogP contribution in [0.15, 0.2) is 30.6 Å². The topological polar surface area (TPSA) is 84.2 Å². The van der Waals surface area contributed by atoms with Crippen LogP contribution in [0.1, 0.15) is 21.0 Å². The highest BCUT2D eigenvalue weighted by atomic mass is 35.5. The second-order valence-corrected chi connectivity index (χ2v) is 4.28. The molecule has 2 heterocycles. The number of halogens is 1. The molecule has 98 valence electrons. The summed E-state index contributed by atoms with van der Waals surface area (Å²) in [5.74, 6) is -1.47. The number of nitrogens with zero attached hydrogens (tertiary/aromatic N) is 2. The van der Waals surface area contributed by atoms with Gasteiger partial charge in [0.2, 0.25) is 0 Å². The van der Waals surface area contributed by atoms with Crippen LogP contribution in [0.25, 0.3) is 0 Å². The number of aromatic carboxylic acids is 1. The molecular weight excluding hydrogens is 270 g/mol. The summed E-state index contributed by atoms with van der Waals surface area (Å²) in [5.41, 5.74) is 0.722. The number of carbonyl (C=O) groups excluding carboxylic acids is 1. The number of pyridine rings is 1. The highest BCUT2D eigenvalue weighted by Crippen LogP contribution is 2.15. The zero-order chi connectivity index (χ0) is 14.0. The highest BCUT2D eigenvalue weighted by molar-refractivity contribution is 6.31. The molecule has 2 N–H and O–H groups in total. The van der Waals surface area contributed by atoms with Crippen molar-refractivity contribution in [2.75, 3.05) is 5.32 Å². The summed E-state index contributed by atoms with van der Waals surface area (Å²) < 4.78 is 1.59. The summed E-state index contributed by atoms with van der Waals surface area (Å²) in [6.45, 7) is 0. The molecule has 0 aliphatic carbocycles. The van der Waals surface area contributed by atoms with Crippen LogP contribution < -0.4 is 5.32 Å². The lowest BCUT2D eigenvalue weighted by molar-refractivity contribution is 0.0690. The van der Waals surface area contributed by atoms with E-state index in [4.69, 9.17) is 16.7 Å². The molecule has 7 heteroatoms. The number of hydrogen-bond donors (Lipinski definition) is 2. The van der Waals surface area contributed by atoms with E-state index >= 15 is 0 Å². The lowest BCUT2D eigenvalue weighted by atomic mass is 10.3. The fourth-order valence-corrected chi connectivity index (χ4v) is 1.79. The van der Waals surface area contributed by atoms with Gasteiger partial charge in [-0.05, 0) is 18.2 Å². The van der Waals surface area contributed by atoms with Crippen molar-refractivity contribution in [3.8, 4) is 0 Å². The fourth-order valence-electron chi connectivity index (χ4n) is 1.54. The van der Waals surface area contributed by atoms with Crippen LogP contribution in [0.3, 0.4) is 0 Å². The molecule has 19 heavy (non-hydrogen) atoms. The van der Waals surface area contributed by atoms with Crippen LogP contribution in [0.5, 0.6) is 0 Å². The lowest BCUT2D eigenvalue weighted by Crippen LogP contribution is -2.15. The molecule has 0 bridgehead atoms. The van der Waals surface area contributed by atoms with Crippen molar-refractivity contribution >= 4 is 29.2 Å². The Kier molecular flexibility index (Phi) is 3.52. The smallest absolute Gasteiger partial charge is 0.354 e. The number of anilines is 1. The van der Waals surface area contributed by atoms with Gasteiger partial charge in [0, 0.05) is 13.2 Å². The minimum Gasteiger partial charge on any atom is -0.477 e. The number of carboxylic acid groups (broad SMARTS) is 1. The summed E-state index contributed by atoms with van der Waals surface area (Å²) >= 11 is 5.79. The molecule has 0 atom stereocenters. The maximum Gasteiger partial charge on any atom is 0.354 e. The number of nitrogens with one attached hydrogen (secondary N) is 1. The number of hydrogen-bond acceptors (Lipinski definition) is 3. The monoisotopic (exact) mass is 279 g/mol. The van der Waals surface area contributed by atoms with E-state index in [2.05, 4.69) is 10.3 Å².